The first-order valence-electron chi connectivity index (χ1n) is 10.5. The molecule has 0 aliphatic heterocycles. The molecule has 3 aromatic rings. The van der Waals surface area contributed by atoms with E-state index in [9.17, 15) is 18.0 Å². The molecule has 0 saturated heterocycles. The molecule has 0 bridgehead atoms. The van der Waals surface area contributed by atoms with Crippen molar-refractivity contribution in [2.45, 2.75) is 32.1 Å². The number of hydrogen-bond acceptors (Lipinski definition) is 4. The fourth-order valence-corrected chi connectivity index (χ4v) is 5.13. The van der Waals surface area contributed by atoms with Gasteiger partial charge in [0.25, 0.3) is 5.91 Å². The second-order valence-corrected chi connectivity index (χ2v) is 9.53. The van der Waals surface area contributed by atoms with E-state index in [4.69, 9.17) is 0 Å². The standard InChI is InChI=1S/C25H27N3O4S/c1-17-14-18(2)24(19(3)15-17)33(31,32)26-13-12-23(29)27-21-10-7-11-22(16-21)28-25(30)20-8-5-4-6-9-20/h4-11,14-16,26H,12-13H2,1-3H3,(H,27,29)(H,28,30). The molecule has 0 heterocycles. The van der Waals surface area contributed by atoms with Crippen molar-refractivity contribution in [3.8, 4) is 0 Å². The highest BCUT2D eigenvalue weighted by Crippen LogP contribution is 2.21. The van der Waals surface area contributed by atoms with E-state index in [1.807, 2.05) is 25.1 Å². The Hall–Kier alpha value is -3.49. The maximum absolute atomic E-state index is 12.7. The minimum atomic E-state index is -3.73. The summed E-state index contributed by atoms with van der Waals surface area (Å²) >= 11 is 0. The zero-order valence-corrected chi connectivity index (χ0v) is 19.6. The Morgan fingerprint density at radius 1 is 0.788 bits per heavy atom. The molecule has 172 valence electrons. The van der Waals surface area contributed by atoms with E-state index < -0.39 is 10.0 Å². The number of anilines is 2. The number of carbonyl (C=O) groups is 2. The third-order valence-electron chi connectivity index (χ3n) is 4.96. The highest BCUT2D eigenvalue weighted by molar-refractivity contribution is 7.89. The summed E-state index contributed by atoms with van der Waals surface area (Å²) in [6.07, 6.45) is -0.0379. The van der Waals surface area contributed by atoms with Crippen molar-refractivity contribution in [1.29, 1.82) is 0 Å². The van der Waals surface area contributed by atoms with E-state index in [1.165, 1.54) is 0 Å². The molecule has 33 heavy (non-hydrogen) atoms. The van der Waals surface area contributed by atoms with Crippen LogP contribution in [0.25, 0.3) is 0 Å². The fourth-order valence-electron chi connectivity index (χ4n) is 3.65. The third-order valence-corrected chi connectivity index (χ3v) is 6.72. The van der Waals surface area contributed by atoms with E-state index in [-0.39, 0.29) is 29.7 Å². The van der Waals surface area contributed by atoms with Crippen LogP contribution in [0.2, 0.25) is 0 Å². The molecule has 0 aliphatic carbocycles. The number of carbonyl (C=O) groups excluding carboxylic acids is 2. The second kappa shape index (κ2) is 10.4. The summed E-state index contributed by atoms with van der Waals surface area (Å²) in [7, 11) is -3.73. The van der Waals surface area contributed by atoms with Gasteiger partial charge in [-0.1, -0.05) is 42.0 Å². The van der Waals surface area contributed by atoms with Gasteiger partial charge in [-0.05, 0) is 62.2 Å². The summed E-state index contributed by atoms with van der Waals surface area (Å²) in [6, 6.07) is 19.2. The number of benzene rings is 3. The minimum absolute atomic E-state index is 0.0364. The van der Waals surface area contributed by atoms with Crippen molar-refractivity contribution in [2.75, 3.05) is 17.2 Å². The Morgan fingerprint density at radius 3 is 2.03 bits per heavy atom. The molecule has 3 N–H and O–H groups in total. The average molecular weight is 466 g/mol. The van der Waals surface area contributed by atoms with Gasteiger partial charge in [0.15, 0.2) is 0 Å². The number of sulfonamides is 1. The first kappa shape index (κ1) is 24.2. The smallest absolute Gasteiger partial charge is 0.255 e. The maximum atomic E-state index is 12.7. The summed E-state index contributed by atoms with van der Waals surface area (Å²) in [5.74, 6) is -0.600. The van der Waals surface area contributed by atoms with Crippen LogP contribution in [0.15, 0.2) is 71.6 Å². The molecule has 0 saturated carbocycles. The van der Waals surface area contributed by atoms with E-state index in [0.29, 0.717) is 28.1 Å². The number of nitrogens with one attached hydrogen (secondary N) is 3. The molecule has 0 aliphatic rings. The topological polar surface area (TPSA) is 104 Å². The maximum Gasteiger partial charge on any atom is 0.255 e. The van der Waals surface area contributed by atoms with Crippen LogP contribution in [0.1, 0.15) is 33.5 Å². The summed E-state index contributed by atoms with van der Waals surface area (Å²) in [4.78, 5) is 24.9. The van der Waals surface area contributed by atoms with Gasteiger partial charge in [-0.3, -0.25) is 9.59 Å². The van der Waals surface area contributed by atoms with Gasteiger partial charge in [0.1, 0.15) is 0 Å². The van der Waals surface area contributed by atoms with Crippen LogP contribution >= 0.6 is 0 Å². The fraction of sp³-hybridized carbons (Fsp3) is 0.200. The molecule has 0 unspecified atom stereocenters. The largest absolute Gasteiger partial charge is 0.326 e. The Morgan fingerprint density at radius 2 is 1.39 bits per heavy atom. The number of aryl methyl sites for hydroxylation is 3. The molecule has 0 aromatic heterocycles. The lowest BCUT2D eigenvalue weighted by Gasteiger charge is -2.13. The van der Waals surface area contributed by atoms with Gasteiger partial charge in [-0.15, -0.1) is 0 Å². The summed E-state index contributed by atoms with van der Waals surface area (Å²) in [6.45, 7) is 5.39. The molecular formula is C25H27N3O4S. The van der Waals surface area contributed by atoms with Crippen molar-refractivity contribution < 1.29 is 18.0 Å². The van der Waals surface area contributed by atoms with E-state index >= 15 is 0 Å². The van der Waals surface area contributed by atoms with Crippen molar-refractivity contribution >= 4 is 33.2 Å². The van der Waals surface area contributed by atoms with Crippen LogP contribution in [0.3, 0.4) is 0 Å². The van der Waals surface area contributed by atoms with Gasteiger partial charge < -0.3 is 10.6 Å². The first-order valence-corrected chi connectivity index (χ1v) is 12.0. The summed E-state index contributed by atoms with van der Waals surface area (Å²) in [5.41, 5.74) is 3.88. The van der Waals surface area contributed by atoms with Gasteiger partial charge in [0.05, 0.1) is 4.90 Å². The first-order chi connectivity index (χ1) is 15.7. The van der Waals surface area contributed by atoms with Crippen LogP contribution in [0.5, 0.6) is 0 Å². The zero-order chi connectivity index (χ0) is 24.0. The monoisotopic (exact) mass is 465 g/mol. The average Bonchev–Trinajstić information content (AvgIpc) is 2.73. The molecule has 0 spiro atoms. The predicted molar refractivity (Wildman–Crippen MR) is 130 cm³/mol. The van der Waals surface area contributed by atoms with Crippen molar-refractivity contribution in [3.05, 3.63) is 89.0 Å². The van der Waals surface area contributed by atoms with Gasteiger partial charge in [0.2, 0.25) is 15.9 Å². The van der Waals surface area contributed by atoms with Crippen LogP contribution in [0.4, 0.5) is 11.4 Å². The van der Waals surface area contributed by atoms with E-state index in [2.05, 4.69) is 15.4 Å². The van der Waals surface area contributed by atoms with Crippen LogP contribution in [-0.2, 0) is 14.8 Å². The second-order valence-electron chi connectivity index (χ2n) is 7.82. The van der Waals surface area contributed by atoms with Crippen molar-refractivity contribution in [2.24, 2.45) is 0 Å². The lowest BCUT2D eigenvalue weighted by Crippen LogP contribution is -2.29. The molecule has 0 radical (unpaired) electrons. The van der Waals surface area contributed by atoms with Crippen LogP contribution < -0.4 is 15.4 Å². The summed E-state index contributed by atoms with van der Waals surface area (Å²) in [5, 5.41) is 5.51. The molecule has 0 fully saturated rings. The van der Waals surface area contributed by atoms with Gasteiger partial charge in [0, 0.05) is 29.9 Å². The molecular weight excluding hydrogens is 438 g/mol. The normalized spacial score (nSPS) is 11.1. The van der Waals surface area contributed by atoms with Gasteiger partial charge in [-0.2, -0.15) is 0 Å². The quantitative estimate of drug-likeness (QED) is 0.464. The zero-order valence-electron chi connectivity index (χ0n) is 18.8. The lowest BCUT2D eigenvalue weighted by atomic mass is 10.1. The molecule has 8 heteroatoms. The minimum Gasteiger partial charge on any atom is -0.326 e. The van der Waals surface area contributed by atoms with Crippen LogP contribution in [0, 0.1) is 20.8 Å². The molecule has 0 atom stereocenters. The Balaban J connectivity index is 1.56. The lowest BCUT2D eigenvalue weighted by molar-refractivity contribution is -0.116. The van der Waals surface area contributed by atoms with Crippen molar-refractivity contribution in [3.63, 3.8) is 0 Å². The Bertz CT molecular complexity index is 1250. The van der Waals surface area contributed by atoms with Crippen molar-refractivity contribution in [1.82, 2.24) is 4.72 Å². The van der Waals surface area contributed by atoms with Crippen LogP contribution in [-0.4, -0.2) is 26.8 Å². The number of rotatable bonds is 8. The predicted octanol–water partition coefficient (Wildman–Crippen LogP) is 4.17. The third kappa shape index (κ3) is 6.50. The Labute approximate surface area is 194 Å². The van der Waals surface area contributed by atoms with E-state index in [0.717, 1.165) is 5.56 Å². The highest BCUT2D eigenvalue weighted by Gasteiger charge is 2.19. The molecule has 3 rings (SSSR count). The van der Waals surface area contributed by atoms with Gasteiger partial charge in [-0.25, -0.2) is 13.1 Å². The molecule has 2 amide bonds. The number of amides is 2. The van der Waals surface area contributed by atoms with E-state index in [1.54, 1.807) is 62.4 Å². The number of hydrogen-bond donors (Lipinski definition) is 3. The molecule has 3 aromatic carbocycles. The SMILES string of the molecule is Cc1cc(C)c(S(=O)(=O)NCCC(=O)Nc2cccc(NC(=O)c3ccccc3)c2)c(C)c1. The Kier molecular flexibility index (Phi) is 7.63. The summed E-state index contributed by atoms with van der Waals surface area (Å²) < 4.78 is 27.9. The molecule has 7 nitrogen and oxygen atoms in total. The van der Waals surface area contributed by atoms with Gasteiger partial charge >= 0.3 is 0 Å². The highest BCUT2D eigenvalue weighted by atomic mass is 32.2.